The molecule has 120 valence electrons. The van der Waals surface area contributed by atoms with E-state index in [1.165, 1.54) is 12.1 Å². The topological polar surface area (TPSA) is 79.5 Å². The number of carbonyl (C=O) groups excluding carboxylic acids is 1. The van der Waals surface area contributed by atoms with Gasteiger partial charge in [-0.3, -0.25) is 4.79 Å². The zero-order chi connectivity index (χ0) is 16.9. The fourth-order valence-corrected chi connectivity index (χ4v) is 2.30. The summed E-state index contributed by atoms with van der Waals surface area (Å²) < 4.78 is 5.58. The minimum absolute atomic E-state index is 0.186. The molecule has 2 aromatic carbocycles. The van der Waals surface area contributed by atoms with Gasteiger partial charge in [0.2, 0.25) is 0 Å². The van der Waals surface area contributed by atoms with Crippen molar-refractivity contribution in [2.75, 3.05) is 0 Å². The lowest BCUT2D eigenvalue weighted by Crippen LogP contribution is -2.22. The molecule has 0 spiro atoms. The van der Waals surface area contributed by atoms with Crippen molar-refractivity contribution in [1.82, 2.24) is 5.32 Å². The van der Waals surface area contributed by atoms with E-state index in [1.54, 1.807) is 24.3 Å². The molecule has 5 heteroatoms. The Bertz CT molecular complexity index is 868. The van der Waals surface area contributed by atoms with Gasteiger partial charge in [-0.2, -0.15) is 0 Å². The number of benzene rings is 2. The first-order valence-electron chi connectivity index (χ1n) is 7.39. The summed E-state index contributed by atoms with van der Waals surface area (Å²) in [5.41, 5.74) is 1.79. The number of carboxylic acid groups (broad SMARTS) is 1. The van der Waals surface area contributed by atoms with Crippen molar-refractivity contribution in [2.24, 2.45) is 0 Å². The summed E-state index contributed by atoms with van der Waals surface area (Å²) in [4.78, 5) is 23.1. The average molecular weight is 321 g/mol. The molecular weight excluding hydrogens is 306 g/mol. The van der Waals surface area contributed by atoms with Gasteiger partial charge in [0.15, 0.2) is 5.76 Å². The number of amides is 1. The van der Waals surface area contributed by atoms with E-state index in [0.29, 0.717) is 11.3 Å². The first kappa shape index (κ1) is 15.6. The van der Waals surface area contributed by atoms with Crippen LogP contribution in [-0.4, -0.2) is 17.0 Å². The second-order valence-corrected chi connectivity index (χ2v) is 5.22. The zero-order valence-corrected chi connectivity index (χ0v) is 12.7. The lowest BCUT2D eigenvalue weighted by Gasteiger charge is -2.04. The van der Waals surface area contributed by atoms with Gasteiger partial charge in [-0.15, -0.1) is 0 Å². The fraction of sp³-hybridized carbons (Fsp3) is 0.0526. The van der Waals surface area contributed by atoms with Crippen molar-refractivity contribution in [1.29, 1.82) is 0 Å². The van der Waals surface area contributed by atoms with Crippen LogP contribution < -0.4 is 5.32 Å². The number of carbonyl (C=O) groups is 2. The monoisotopic (exact) mass is 321 g/mol. The molecule has 3 aromatic rings. The van der Waals surface area contributed by atoms with E-state index in [1.807, 2.05) is 30.3 Å². The molecule has 0 saturated carbocycles. The Kier molecular flexibility index (Phi) is 4.43. The molecule has 1 heterocycles. The van der Waals surface area contributed by atoms with Crippen molar-refractivity contribution >= 4 is 11.9 Å². The quantitative estimate of drug-likeness (QED) is 0.753. The Morgan fingerprint density at radius 1 is 0.958 bits per heavy atom. The molecule has 0 atom stereocenters. The molecule has 0 aliphatic rings. The smallest absolute Gasteiger partial charge is 0.335 e. The predicted octanol–water partition coefficient (Wildman–Crippen LogP) is 3.57. The maximum atomic E-state index is 12.2. The molecule has 3 rings (SSSR count). The van der Waals surface area contributed by atoms with E-state index < -0.39 is 5.97 Å². The van der Waals surface area contributed by atoms with Crippen LogP contribution >= 0.6 is 0 Å². The highest BCUT2D eigenvalue weighted by Crippen LogP contribution is 2.21. The van der Waals surface area contributed by atoms with E-state index in [9.17, 15) is 9.59 Å². The Hall–Kier alpha value is -3.34. The number of rotatable bonds is 5. The Morgan fingerprint density at radius 3 is 2.50 bits per heavy atom. The van der Waals surface area contributed by atoms with E-state index in [-0.39, 0.29) is 23.8 Å². The van der Waals surface area contributed by atoms with Crippen LogP contribution in [-0.2, 0) is 6.54 Å². The summed E-state index contributed by atoms with van der Waals surface area (Å²) in [5.74, 6) is -0.517. The third-order valence-corrected chi connectivity index (χ3v) is 3.52. The number of nitrogens with one attached hydrogen (secondary N) is 1. The van der Waals surface area contributed by atoms with E-state index in [4.69, 9.17) is 9.52 Å². The molecule has 1 aromatic heterocycles. The molecule has 0 bridgehead atoms. The molecule has 5 nitrogen and oxygen atoms in total. The number of hydrogen-bond donors (Lipinski definition) is 2. The number of hydrogen-bond acceptors (Lipinski definition) is 3. The van der Waals surface area contributed by atoms with Gasteiger partial charge >= 0.3 is 5.97 Å². The van der Waals surface area contributed by atoms with Crippen molar-refractivity contribution < 1.29 is 19.1 Å². The maximum Gasteiger partial charge on any atom is 0.335 e. The third-order valence-electron chi connectivity index (χ3n) is 3.52. The standard InChI is InChI=1S/C19H15NO4/c21-18(20-12-13-5-4-8-15(11-13)19(22)23)17-10-9-16(24-17)14-6-2-1-3-7-14/h1-11H,12H2,(H,20,21)(H,22,23). The third kappa shape index (κ3) is 3.52. The number of furan rings is 1. The van der Waals surface area contributed by atoms with Crippen LogP contribution in [0.25, 0.3) is 11.3 Å². The van der Waals surface area contributed by atoms with Crippen LogP contribution in [0.4, 0.5) is 0 Å². The van der Waals surface area contributed by atoms with E-state index >= 15 is 0 Å². The average Bonchev–Trinajstić information content (AvgIpc) is 3.11. The van der Waals surface area contributed by atoms with Crippen LogP contribution in [0.1, 0.15) is 26.5 Å². The minimum atomic E-state index is -0.998. The predicted molar refractivity (Wildman–Crippen MR) is 88.7 cm³/mol. The SMILES string of the molecule is O=C(O)c1cccc(CNC(=O)c2ccc(-c3ccccc3)o2)c1. The summed E-state index contributed by atoms with van der Waals surface area (Å²) in [5, 5.41) is 11.7. The van der Waals surface area contributed by atoms with Gasteiger partial charge in [-0.25, -0.2) is 4.79 Å². The second-order valence-electron chi connectivity index (χ2n) is 5.22. The lowest BCUT2D eigenvalue weighted by molar-refractivity contribution is 0.0696. The fourth-order valence-electron chi connectivity index (χ4n) is 2.30. The summed E-state index contributed by atoms with van der Waals surface area (Å²) in [6.07, 6.45) is 0. The van der Waals surface area contributed by atoms with Gasteiger partial charge in [0.25, 0.3) is 5.91 Å². The molecule has 0 radical (unpaired) electrons. The summed E-state index contributed by atoms with van der Waals surface area (Å²) in [6, 6.07) is 19.3. The molecule has 0 unspecified atom stereocenters. The Morgan fingerprint density at radius 2 is 1.75 bits per heavy atom. The molecular formula is C19H15NO4. The summed E-state index contributed by atoms with van der Waals surface area (Å²) in [6.45, 7) is 0.224. The first-order valence-corrected chi connectivity index (χ1v) is 7.39. The molecule has 0 aliphatic carbocycles. The van der Waals surface area contributed by atoms with Crippen molar-refractivity contribution in [2.45, 2.75) is 6.54 Å². The number of carboxylic acids is 1. The van der Waals surface area contributed by atoms with Crippen LogP contribution in [0.2, 0.25) is 0 Å². The highest BCUT2D eigenvalue weighted by Gasteiger charge is 2.12. The highest BCUT2D eigenvalue weighted by atomic mass is 16.4. The van der Waals surface area contributed by atoms with Crippen LogP contribution in [0.3, 0.4) is 0 Å². The van der Waals surface area contributed by atoms with Gasteiger partial charge in [0.05, 0.1) is 5.56 Å². The van der Waals surface area contributed by atoms with Gasteiger partial charge in [-0.05, 0) is 29.8 Å². The van der Waals surface area contributed by atoms with Crippen LogP contribution in [0.5, 0.6) is 0 Å². The second kappa shape index (κ2) is 6.83. The van der Waals surface area contributed by atoms with Crippen LogP contribution in [0.15, 0.2) is 71.1 Å². The highest BCUT2D eigenvalue weighted by molar-refractivity contribution is 5.92. The van der Waals surface area contributed by atoms with Gasteiger partial charge in [0.1, 0.15) is 5.76 Å². The molecule has 0 aliphatic heterocycles. The molecule has 24 heavy (non-hydrogen) atoms. The van der Waals surface area contributed by atoms with E-state index in [0.717, 1.165) is 5.56 Å². The largest absolute Gasteiger partial charge is 0.478 e. The van der Waals surface area contributed by atoms with Crippen molar-refractivity contribution in [3.8, 4) is 11.3 Å². The Labute approximate surface area is 138 Å². The molecule has 0 fully saturated rings. The van der Waals surface area contributed by atoms with Gasteiger partial charge < -0.3 is 14.8 Å². The molecule has 2 N–H and O–H groups in total. The maximum absolute atomic E-state index is 12.2. The van der Waals surface area contributed by atoms with Gasteiger partial charge in [0, 0.05) is 12.1 Å². The van der Waals surface area contributed by atoms with Crippen molar-refractivity contribution in [3.63, 3.8) is 0 Å². The summed E-state index contributed by atoms with van der Waals surface area (Å²) in [7, 11) is 0. The Balaban J connectivity index is 1.67. The molecule has 1 amide bonds. The van der Waals surface area contributed by atoms with Crippen LogP contribution in [0, 0.1) is 0 Å². The summed E-state index contributed by atoms with van der Waals surface area (Å²) >= 11 is 0. The first-order chi connectivity index (χ1) is 11.6. The number of aromatic carboxylic acids is 1. The van der Waals surface area contributed by atoms with E-state index in [2.05, 4.69) is 5.32 Å². The van der Waals surface area contributed by atoms with Crippen molar-refractivity contribution in [3.05, 3.63) is 83.6 Å². The molecule has 0 saturated heterocycles. The van der Waals surface area contributed by atoms with Gasteiger partial charge in [-0.1, -0.05) is 42.5 Å². The minimum Gasteiger partial charge on any atom is -0.478 e. The normalized spacial score (nSPS) is 10.3. The lowest BCUT2D eigenvalue weighted by atomic mass is 10.1. The zero-order valence-electron chi connectivity index (χ0n) is 12.7.